The van der Waals surface area contributed by atoms with Crippen LogP contribution in [0.2, 0.25) is 5.02 Å². The number of halogens is 2. The van der Waals surface area contributed by atoms with Crippen LogP contribution in [0.4, 0.5) is 4.39 Å². The summed E-state index contributed by atoms with van der Waals surface area (Å²) in [6, 6.07) is 6.37. The maximum atomic E-state index is 14.3. The van der Waals surface area contributed by atoms with Crippen molar-refractivity contribution in [3.63, 3.8) is 0 Å². The van der Waals surface area contributed by atoms with Gasteiger partial charge in [0.05, 0.1) is 21.8 Å². The third kappa shape index (κ3) is 3.16. The number of rotatable bonds is 3. The van der Waals surface area contributed by atoms with E-state index < -0.39 is 11.4 Å². The van der Waals surface area contributed by atoms with Crippen LogP contribution in [-0.4, -0.2) is 26.0 Å². The van der Waals surface area contributed by atoms with Gasteiger partial charge in [-0.3, -0.25) is 5.41 Å². The highest BCUT2D eigenvalue weighted by Gasteiger charge is 2.37. The largest absolute Gasteiger partial charge is 0.423 e. The molecular formula is C20H14ClFN6OS. The lowest BCUT2D eigenvalue weighted by Gasteiger charge is -2.36. The van der Waals surface area contributed by atoms with E-state index in [0.717, 1.165) is 15.4 Å². The van der Waals surface area contributed by atoms with Gasteiger partial charge in [0.15, 0.2) is 0 Å². The molecule has 0 spiro atoms. The number of amidine groups is 1. The normalized spacial score (nSPS) is 18.2. The summed E-state index contributed by atoms with van der Waals surface area (Å²) < 4.78 is 19.5. The van der Waals surface area contributed by atoms with Crippen LogP contribution < -0.4 is 5.32 Å². The minimum atomic E-state index is -0.624. The van der Waals surface area contributed by atoms with E-state index in [1.165, 1.54) is 36.2 Å². The fourth-order valence-electron chi connectivity index (χ4n) is 3.61. The van der Waals surface area contributed by atoms with Crippen LogP contribution in [-0.2, 0) is 12.0 Å². The van der Waals surface area contributed by atoms with Gasteiger partial charge in [-0.25, -0.2) is 14.4 Å². The molecule has 0 fully saturated rings. The SMILES string of the molecule is C[C@@]1(c2sc(-c3cc(F)cc(-c4nnco4)c3)cc2Cl)Cc2ncncc2C(=N)N1. The van der Waals surface area contributed by atoms with Crippen molar-refractivity contribution in [2.24, 2.45) is 0 Å². The van der Waals surface area contributed by atoms with Crippen molar-refractivity contribution in [2.75, 3.05) is 0 Å². The van der Waals surface area contributed by atoms with Crippen LogP contribution in [0.1, 0.15) is 23.1 Å². The summed E-state index contributed by atoms with van der Waals surface area (Å²) in [5, 5.41) is 19.6. The zero-order chi connectivity index (χ0) is 20.9. The van der Waals surface area contributed by atoms with Crippen LogP contribution in [0.3, 0.4) is 0 Å². The molecule has 0 radical (unpaired) electrons. The molecule has 1 aromatic carbocycles. The Hall–Kier alpha value is -3.17. The molecule has 3 aromatic heterocycles. The van der Waals surface area contributed by atoms with Crippen molar-refractivity contribution in [1.29, 1.82) is 5.41 Å². The van der Waals surface area contributed by atoms with E-state index in [0.29, 0.717) is 28.1 Å². The van der Waals surface area contributed by atoms with Crippen LogP contribution in [0.5, 0.6) is 0 Å². The Balaban J connectivity index is 1.56. The molecule has 0 aliphatic carbocycles. The van der Waals surface area contributed by atoms with Gasteiger partial charge in [-0.05, 0) is 36.8 Å². The third-order valence-electron chi connectivity index (χ3n) is 4.96. The number of hydrogen-bond acceptors (Lipinski definition) is 7. The summed E-state index contributed by atoms with van der Waals surface area (Å²) in [5.74, 6) is 0.0697. The predicted octanol–water partition coefficient (Wildman–Crippen LogP) is 4.43. The molecule has 30 heavy (non-hydrogen) atoms. The second kappa shape index (κ2) is 6.96. The van der Waals surface area contributed by atoms with Crippen LogP contribution >= 0.6 is 22.9 Å². The number of nitrogens with zero attached hydrogens (tertiary/aromatic N) is 4. The standard InChI is InChI=1S/C20H14ClFN6OS/c1-20(6-15-13(18(23)27-20)7-24-8-25-15)17-14(21)5-16(30-17)10-2-11(4-12(22)3-10)19-28-26-9-29-19/h2-5,7-9H,6H2,1H3,(H2,23,27)/t20-/m0/s1. The summed E-state index contributed by atoms with van der Waals surface area (Å²) in [6.07, 6.45) is 4.85. The molecule has 0 bridgehead atoms. The summed E-state index contributed by atoms with van der Waals surface area (Å²) in [4.78, 5) is 9.97. The monoisotopic (exact) mass is 440 g/mol. The van der Waals surface area contributed by atoms with Gasteiger partial charge in [0.2, 0.25) is 12.3 Å². The first kappa shape index (κ1) is 18.8. The average molecular weight is 441 g/mol. The van der Waals surface area contributed by atoms with Gasteiger partial charge in [0.1, 0.15) is 18.0 Å². The van der Waals surface area contributed by atoms with E-state index in [2.05, 4.69) is 25.5 Å². The molecule has 2 N–H and O–H groups in total. The van der Waals surface area contributed by atoms with Gasteiger partial charge in [0, 0.05) is 27.9 Å². The van der Waals surface area contributed by atoms with Crippen molar-refractivity contribution >= 4 is 28.8 Å². The number of benzene rings is 1. The average Bonchev–Trinajstić information content (AvgIpc) is 3.38. The maximum Gasteiger partial charge on any atom is 0.247 e. The summed E-state index contributed by atoms with van der Waals surface area (Å²) in [7, 11) is 0. The minimum Gasteiger partial charge on any atom is -0.423 e. The summed E-state index contributed by atoms with van der Waals surface area (Å²) in [5.41, 5.74) is 1.98. The van der Waals surface area contributed by atoms with E-state index in [1.807, 2.05) is 6.92 Å². The molecule has 4 heterocycles. The molecule has 1 aliphatic rings. The Kier molecular flexibility index (Phi) is 4.37. The zero-order valence-electron chi connectivity index (χ0n) is 15.6. The molecule has 150 valence electrons. The van der Waals surface area contributed by atoms with Gasteiger partial charge in [0.25, 0.3) is 0 Å². The zero-order valence-corrected chi connectivity index (χ0v) is 17.2. The second-order valence-corrected chi connectivity index (χ2v) is 8.61. The molecular weight excluding hydrogens is 427 g/mol. The number of hydrogen-bond donors (Lipinski definition) is 2. The minimum absolute atomic E-state index is 0.240. The van der Waals surface area contributed by atoms with E-state index >= 15 is 0 Å². The Morgan fingerprint density at radius 2 is 2.10 bits per heavy atom. The fourth-order valence-corrected chi connectivity index (χ4v) is 5.24. The van der Waals surface area contributed by atoms with Gasteiger partial charge in [-0.2, -0.15) is 0 Å². The first-order valence-corrected chi connectivity index (χ1v) is 10.2. The van der Waals surface area contributed by atoms with Gasteiger partial charge >= 0.3 is 0 Å². The van der Waals surface area contributed by atoms with E-state index in [9.17, 15) is 4.39 Å². The lowest BCUT2D eigenvalue weighted by Crippen LogP contribution is -2.49. The number of aromatic nitrogens is 4. The highest BCUT2D eigenvalue weighted by molar-refractivity contribution is 7.16. The van der Waals surface area contributed by atoms with Crippen molar-refractivity contribution in [3.8, 4) is 21.9 Å². The van der Waals surface area contributed by atoms with Crippen LogP contribution in [0.15, 0.2) is 47.6 Å². The van der Waals surface area contributed by atoms with Gasteiger partial charge < -0.3 is 9.73 Å². The highest BCUT2D eigenvalue weighted by atomic mass is 35.5. The molecule has 0 unspecified atom stereocenters. The molecule has 1 aliphatic heterocycles. The second-order valence-electron chi connectivity index (χ2n) is 7.15. The van der Waals surface area contributed by atoms with E-state index in [-0.39, 0.29) is 11.7 Å². The van der Waals surface area contributed by atoms with Gasteiger partial charge in [-0.15, -0.1) is 21.5 Å². The number of thiophene rings is 1. The van der Waals surface area contributed by atoms with Crippen LogP contribution in [0, 0.1) is 11.2 Å². The smallest absolute Gasteiger partial charge is 0.247 e. The first-order chi connectivity index (χ1) is 14.4. The number of nitrogens with one attached hydrogen (secondary N) is 2. The Morgan fingerprint density at radius 1 is 1.27 bits per heavy atom. The van der Waals surface area contributed by atoms with Crippen molar-refractivity contribution in [1.82, 2.24) is 25.5 Å². The van der Waals surface area contributed by atoms with Crippen molar-refractivity contribution < 1.29 is 8.81 Å². The van der Waals surface area contributed by atoms with E-state index in [4.69, 9.17) is 21.4 Å². The number of fused-ring (bicyclic) bond motifs is 1. The Morgan fingerprint density at radius 3 is 2.90 bits per heavy atom. The Labute approximate surface area is 179 Å². The predicted molar refractivity (Wildman–Crippen MR) is 111 cm³/mol. The van der Waals surface area contributed by atoms with Crippen LogP contribution in [0.25, 0.3) is 21.9 Å². The molecule has 5 rings (SSSR count). The highest BCUT2D eigenvalue weighted by Crippen LogP contribution is 2.43. The third-order valence-corrected chi connectivity index (χ3v) is 6.82. The van der Waals surface area contributed by atoms with Gasteiger partial charge in [-0.1, -0.05) is 11.6 Å². The molecule has 7 nitrogen and oxygen atoms in total. The quantitative estimate of drug-likeness (QED) is 0.488. The topological polar surface area (TPSA) is 101 Å². The molecule has 1 atom stereocenters. The molecule has 0 amide bonds. The molecule has 0 saturated carbocycles. The maximum absolute atomic E-state index is 14.3. The molecule has 4 aromatic rings. The Bertz CT molecular complexity index is 1270. The van der Waals surface area contributed by atoms with E-state index in [1.54, 1.807) is 18.3 Å². The molecule has 0 saturated heterocycles. The lowest BCUT2D eigenvalue weighted by atomic mass is 9.88. The summed E-state index contributed by atoms with van der Waals surface area (Å²) in [6.45, 7) is 1.98. The molecule has 10 heteroatoms. The lowest BCUT2D eigenvalue weighted by molar-refractivity contribution is 0.424. The fraction of sp³-hybridized carbons (Fsp3) is 0.150. The van der Waals surface area contributed by atoms with Crippen molar-refractivity contribution in [3.05, 3.63) is 70.2 Å². The van der Waals surface area contributed by atoms with Crippen molar-refractivity contribution in [2.45, 2.75) is 18.9 Å². The first-order valence-electron chi connectivity index (χ1n) is 8.96. The summed E-state index contributed by atoms with van der Waals surface area (Å²) >= 11 is 8.05.